The standard InChI is InChI=1S/C9H5F5INO2/c1-18-8(17)5-3(9(12,13)14)2-4(15)16-6(5)7(10)11/h2,7H,1H3. The summed E-state index contributed by atoms with van der Waals surface area (Å²) in [6.07, 6.45) is -8.26. The first-order chi connectivity index (χ1) is 8.18. The van der Waals surface area contributed by atoms with Crippen molar-refractivity contribution in [1.29, 1.82) is 0 Å². The highest BCUT2D eigenvalue weighted by atomic mass is 127. The minimum absolute atomic E-state index is 0.289. The van der Waals surface area contributed by atoms with Gasteiger partial charge in [0, 0.05) is 0 Å². The van der Waals surface area contributed by atoms with Gasteiger partial charge in [0.1, 0.15) is 9.39 Å². The van der Waals surface area contributed by atoms with Gasteiger partial charge in [-0.05, 0) is 28.7 Å². The lowest BCUT2D eigenvalue weighted by Crippen LogP contribution is -2.19. The molecule has 0 atom stereocenters. The molecular formula is C9H5F5INO2. The van der Waals surface area contributed by atoms with Crippen molar-refractivity contribution in [2.75, 3.05) is 7.11 Å². The molecule has 0 fully saturated rings. The Kier molecular flexibility index (Phi) is 4.46. The Labute approximate surface area is 111 Å². The number of halogens is 6. The van der Waals surface area contributed by atoms with Crippen LogP contribution < -0.4 is 0 Å². The SMILES string of the molecule is COC(=O)c1c(C(F)(F)F)cc(I)nc1C(F)F. The molecule has 0 unspecified atom stereocenters. The van der Waals surface area contributed by atoms with Crippen molar-refractivity contribution >= 4 is 28.6 Å². The average Bonchev–Trinajstić information content (AvgIpc) is 2.25. The molecule has 1 aromatic rings. The monoisotopic (exact) mass is 381 g/mol. The summed E-state index contributed by atoms with van der Waals surface area (Å²) < 4.78 is 67.1. The second kappa shape index (κ2) is 5.33. The van der Waals surface area contributed by atoms with Crippen molar-refractivity contribution in [3.8, 4) is 0 Å². The molecule has 18 heavy (non-hydrogen) atoms. The van der Waals surface area contributed by atoms with Crippen LogP contribution in [0.1, 0.15) is 28.0 Å². The zero-order chi connectivity index (χ0) is 14.1. The van der Waals surface area contributed by atoms with E-state index in [9.17, 15) is 26.7 Å². The molecule has 0 amide bonds. The van der Waals surface area contributed by atoms with Crippen LogP contribution in [0, 0.1) is 3.70 Å². The van der Waals surface area contributed by atoms with Crippen LogP contribution in [0.3, 0.4) is 0 Å². The molecule has 0 radical (unpaired) electrons. The van der Waals surface area contributed by atoms with Crippen LogP contribution in [-0.2, 0) is 10.9 Å². The van der Waals surface area contributed by atoms with E-state index in [1.165, 1.54) is 22.6 Å². The van der Waals surface area contributed by atoms with Gasteiger partial charge in [0.25, 0.3) is 6.43 Å². The first kappa shape index (κ1) is 15.1. The number of rotatable bonds is 2. The van der Waals surface area contributed by atoms with E-state index in [1.54, 1.807) is 0 Å². The van der Waals surface area contributed by atoms with Crippen molar-refractivity contribution in [2.45, 2.75) is 12.6 Å². The van der Waals surface area contributed by atoms with Crippen LogP contribution in [0.15, 0.2) is 6.07 Å². The summed E-state index contributed by atoms with van der Waals surface area (Å²) in [6.45, 7) is 0. The predicted molar refractivity (Wildman–Crippen MR) is 58.3 cm³/mol. The Bertz CT molecular complexity index is 475. The Morgan fingerprint density at radius 1 is 1.44 bits per heavy atom. The molecular weight excluding hydrogens is 376 g/mol. The summed E-state index contributed by atoms with van der Waals surface area (Å²) >= 11 is 1.36. The van der Waals surface area contributed by atoms with E-state index in [0.29, 0.717) is 6.07 Å². The normalized spacial score (nSPS) is 11.8. The zero-order valence-corrected chi connectivity index (χ0v) is 10.8. The van der Waals surface area contributed by atoms with Crippen LogP contribution in [0.2, 0.25) is 0 Å². The molecule has 1 rings (SSSR count). The lowest BCUT2D eigenvalue weighted by molar-refractivity contribution is -0.138. The Morgan fingerprint density at radius 3 is 2.39 bits per heavy atom. The second-order valence-corrected chi connectivity index (χ2v) is 4.15. The number of alkyl halides is 5. The van der Waals surface area contributed by atoms with Crippen molar-refractivity contribution in [2.24, 2.45) is 0 Å². The smallest absolute Gasteiger partial charge is 0.417 e. The summed E-state index contributed by atoms with van der Waals surface area (Å²) in [4.78, 5) is 14.5. The number of carbonyl (C=O) groups is 1. The third kappa shape index (κ3) is 3.06. The number of hydrogen-bond donors (Lipinski definition) is 0. The van der Waals surface area contributed by atoms with Crippen LogP contribution in [-0.4, -0.2) is 18.1 Å². The molecule has 3 nitrogen and oxygen atoms in total. The van der Waals surface area contributed by atoms with Gasteiger partial charge in [-0.1, -0.05) is 0 Å². The highest BCUT2D eigenvalue weighted by Gasteiger charge is 2.39. The minimum Gasteiger partial charge on any atom is -0.465 e. The molecule has 0 aliphatic heterocycles. The van der Waals surface area contributed by atoms with Crippen molar-refractivity contribution < 1.29 is 31.5 Å². The largest absolute Gasteiger partial charge is 0.465 e. The second-order valence-electron chi connectivity index (χ2n) is 3.04. The van der Waals surface area contributed by atoms with E-state index < -0.39 is 35.4 Å². The number of aromatic nitrogens is 1. The molecule has 1 aromatic heterocycles. The summed E-state index contributed by atoms with van der Waals surface area (Å²) in [7, 11) is 0.801. The molecule has 0 aromatic carbocycles. The number of ether oxygens (including phenoxy) is 1. The number of carbonyl (C=O) groups excluding carboxylic acids is 1. The number of hydrogen-bond acceptors (Lipinski definition) is 3. The minimum atomic E-state index is -4.95. The maximum atomic E-state index is 12.7. The van der Waals surface area contributed by atoms with Gasteiger partial charge in [0.2, 0.25) is 0 Å². The molecule has 0 saturated carbocycles. The number of nitrogens with zero attached hydrogens (tertiary/aromatic N) is 1. The van der Waals surface area contributed by atoms with E-state index >= 15 is 0 Å². The Balaban J connectivity index is 3.64. The third-order valence-corrected chi connectivity index (χ3v) is 2.47. The van der Waals surface area contributed by atoms with E-state index in [-0.39, 0.29) is 3.70 Å². The van der Waals surface area contributed by atoms with Gasteiger partial charge < -0.3 is 4.74 Å². The van der Waals surface area contributed by atoms with E-state index in [0.717, 1.165) is 7.11 Å². The summed E-state index contributed by atoms with van der Waals surface area (Å²) in [5.41, 5.74) is -3.97. The lowest BCUT2D eigenvalue weighted by atomic mass is 10.1. The van der Waals surface area contributed by atoms with Crippen LogP contribution in [0.5, 0.6) is 0 Å². The maximum absolute atomic E-state index is 12.7. The first-order valence-electron chi connectivity index (χ1n) is 4.32. The number of pyridine rings is 1. The number of esters is 1. The van der Waals surface area contributed by atoms with Gasteiger partial charge in [-0.15, -0.1) is 0 Å². The summed E-state index contributed by atoms with van der Waals surface area (Å²) in [5, 5.41) is 0. The van der Waals surface area contributed by atoms with Gasteiger partial charge >= 0.3 is 12.1 Å². The van der Waals surface area contributed by atoms with Crippen LogP contribution >= 0.6 is 22.6 Å². The van der Waals surface area contributed by atoms with Crippen LogP contribution in [0.4, 0.5) is 22.0 Å². The van der Waals surface area contributed by atoms with Gasteiger partial charge in [-0.3, -0.25) is 0 Å². The van der Waals surface area contributed by atoms with Crippen molar-refractivity contribution in [3.63, 3.8) is 0 Å². The summed E-state index contributed by atoms with van der Waals surface area (Å²) in [6, 6.07) is 0.513. The van der Waals surface area contributed by atoms with Crippen LogP contribution in [0.25, 0.3) is 0 Å². The molecule has 9 heteroatoms. The maximum Gasteiger partial charge on any atom is 0.417 e. The molecule has 0 aliphatic carbocycles. The molecule has 0 saturated heterocycles. The zero-order valence-electron chi connectivity index (χ0n) is 8.69. The molecule has 100 valence electrons. The average molecular weight is 381 g/mol. The van der Waals surface area contributed by atoms with Crippen molar-refractivity contribution in [1.82, 2.24) is 4.98 Å². The molecule has 1 heterocycles. The van der Waals surface area contributed by atoms with E-state index in [2.05, 4.69) is 9.72 Å². The lowest BCUT2D eigenvalue weighted by Gasteiger charge is -2.14. The fraction of sp³-hybridized carbons (Fsp3) is 0.333. The first-order valence-corrected chi connectivity index (χ1v) is 5.40. The van der Waals surface area contributed by atoms with Crippen molar-refractivity contribution in [3.05, 3.63) is 26.6 Å². The van der Waals surface area contributed by atoms with Gasteiger partial charge in [0.15, 0.2) is 0 Å². The van der Waals surface area contributed by atoms with Gasteiger partial charge in [-0.2, -0.15) is 13.2 Å². The topological polar surface area (TPSA) is 39.2 Å². The predicted octanol–water partition coefficient (Wildman–Crippen LogP) is 3.43. The molecule has 0 spiro atoms. The molecule has 0 bridgehead atoms. The third-order valence-electron chi connectivity index (χ3n) is 1.92. The quantitative estimate of drug-likeness (QED) is 0.341. The fourth-order valence-electron chi connectivity index (χ4n) is 1.23. The highest BCUT2D eigenvalue weighted by Crippen LogP contribution is 2.36. The summed E-state index contributed by atoms with van der Waals surface area (Å²) in [5.74, 6) is -1.50. The Hall–Kier alpha value is -1.00. The van der Waals surface area contributed by atoms with Gasteiger partial charge in [0.05, 0.1) is 18.2 Å². The highest BCUT2D eigenvalue weighted by molar-refractivity contribution is 14.1. The number of methoxy groups -OCH3 is 1. The van der Waals surface area contributed by atoms with E-state index in [4.69, 9.17) is 0 Å². The van der Waals surface area contributed by atoms with Gasteiger partial charge in [-0.25, -0.2) is 18.6 Å². The molecule has 0 aliphatic rings. The fourth-order valence-corrected chi connectivity index (χ4v) is 1.80. The molecule has 0 N–H and O–H groups in total. The Morgan fingerprint density at radius 2 is 2.00 bits per heavy atom. The van der Waals surface area contributed by atoms with E-state index in [1.807, 2.05) is 0 Å².